The fraction of sp³-hybridized carbons (Fsp3) is 1.00. The van der Waals surface area contributed by atoms with Crippen molar-refractivity contribution in [2.45, 2.75) is 33.1 Å². The van der Waals surface area contributed by atoms with E-state index in [1.54, 1.807) is 0 Å². The topological polar surface area (TPSA) is 12.0 Å². The van der Waals surface area contributed by atoms with Crippen LogP contribution in [0.2, 0.25) is 0 Å². The average Bonchev–Trinajstić information content (AvgIpc) is 2.10. The second-order valence-corrected chi connectivity index (χ2v) is 4.23. The van der Waals surface area contributed by atoms with Gasteiger partial charge in [0.15, 0.2) is 0 Å². The molecule has 1 atom stereocenters. The summed E-state index contributed by atoms with van der Waals surface area (Å²) in [5, 5.41) is 3.43. The minimum atomic E-state index is 0.905. The van der Waals surface area contributed by atoms with Crippen LogP contribution in [0.25, 0.3) is 0 Å². The van der Waals surface area contributed by atoms with E-state index >= 15 is 0 Å². The Hall–Kier alpha value is 0.310. The molecular formula is C10H23NS. The molecule has 1 N–H and O–H groups in total. The van der Waals surface area contributed by atoms with Gasteiger partial charge in [0.2, 0.25) is 0 Å². The summed E-state index contributed by atoms with van der Waals surface area (Å²) in [5.41, 5.74) is 0. The molecule has 12 heavy (non-hydrogen) atoms. The lowest BCUT2D eigenvalue weighted by Crippen LogP contribution is -2.22. The summed E-state index contributed by atoms with van der Waals surface area (Å²) in [4.78, 5) is 0. The lowest BCUT2D eigenvalue weighted by Gasteiger charge is -2.15. The molecule has 1 nitrogen and oxygen atoms in total. The van der Waals surface area contributed by atoms with E-state index < -0.39 is 0 Å². The lowest BCUT2D eigenvalue weighted by molar-refractivity contribution is 0.437. The summed E-state index contributed by atoms with van der Waals surface area (Å²) >= 11 is 1.96. The normalized spacial score (nSPS) is 13.2. The Morgan fingerprint density at radius 1 is 1.25 bits per heavy atom. The predicted molar refractivity (Wildman–Crippen MR) is 59.9 cm³/mol. The van der Waals surface area contributed by atoms with Gasteiger partial charge in [0.1, 0.15) is 0 Å². The maximum Gasteiger partial charge on any atom is -0.00203 e. The van der Waals surface area contributed by atoms with Gasteiger partial charge in [-0.05, 0) is 43.9 Å². The average molecular weight is 189 g/mol. The largest absolute Gasteiger partial charge is 0.317 e. The number of hydrogen-bond donors (Lipinski definition) is 1. The highest BCUT2D eigenvalue weighted by Crippen LogP contribution is 2.12. The quantitative estimate of drug-likeness (QED) is 0.630. The van der Waals surface area contributed by atoms with Crippen molar-refractivity contribution in [2.24, 2.45) is 5.92 Å². The van der Waals surface area contributed by atoms with E-state index in [0.717, 1.165) is 12.5 Å². The van der Waals surface area contributed by atoms with Crippen molar-refractivity contribution in [3.8, 4) is 0 Å². The molecule has 0 saturated carbocycles. The molecule has 0 bridgehead atoms. The fourth-order valence-electron chi connectivity index (χ4n) is 1.39. The van der Waals surface area contributed by atoms with Crippen molar-refractivity contribution in [3.63, 3.8) is 0 Å². The van der Waals surface area contributed by atoms with Gasteiger partial charge in [-0.1, -0.05) is 20.3 Å². The minimum absolute atomic E-state index is 0.905. The van der Waals surface area contributed by atoms with E-state index in [4.69, 9.17) is 0 Å². The van der Waals surface area contributed by atoms with Crippen LogP contribution in [0.5, 0.6) is 0 Å². The maximum atomic E-state index is 3.43. The standard InChI is InChI=1S/C10H23NS/c1-4-6-10(7-8-12-3)9-11-5-2/h10-11H,4-9H2,1-3H3. The first-order valence-corrected chi connectivity index (χ1v) is 6.44. The molecule has 0 aliphatic carbocycles. The first-order chi connectivity index (χ1) is 5.85. The Labute approximate surface area is 81.7 Å². The van der Waals surface area contributed by atoms with Crippen LogP contribution < -0.4 is 5.32 Å². The van der Waals surface area contributed by atoms with Crippen molar-refractivity contribution < 1.29 is 0 Å². The first-order valence-electron chi connectivity index (χ1n) is 5.04. The molecule has 0 rings (SSSR count). The van der Waals surface area contributed by atoms with Gasteiger partial charge in [0, 0.05) is 0 Å². The summed E-state index contributed by atoms with van der Waals surface area (Å²) in [6.07, 6.45) is 6.27. The van der Waals surface area contributed by atoms with Gasteiger partial charge < -0.3 is 5.32 Å². The fourth-order valence-corrected chi connectivity index (χ4v) is 1.96. The molecule has 0 aliphatic heterocycles. The van der Waals surface area contributed by atoms with Crippen molar-refractivity contribution in [3.05, 3.63) is 0 Å². The highest BCUT2D eigenvalue weighted by atomic mass is 32.2. The Kier molecular flexibility index (Phi) is 9.64. The predicted octanol–water partition coefficient (Wildman–Crippen LogP) is 2.77. The summed E-state index contributed by atoms with van der Waals surface area (Å²) in [7, 11) is 0. The monoisotopic (exact) mass is 189 g/mol. The van der Waals surface area contributed by atoms with E-state index in [1.807, 2.05) is 11.8 Å². The molecule has 74 valence electrons. The molecule has 2 heteroatoms. The van der Waals surface area contributed by atoms with Gasteiger partial charge in [-0.25, -0.2) is 0 Å². The third-order valence-corrected chi connectivity index (χ3v) is 2.75. The molecule has 0 aromatic carbocycles. The Balaban J connectivity index is 3.40. The van der Waals surface area contributed by atoms with Crippen LogP contribution in [0.1, 0.15) is 33.1 Å². The van der Waals surface area contributed by atoms with Crippen LogP contribution in [0.4, 0.5) is 0 Å². The summed E-state index contributed by atoms with van der Waals surface area (Å²) in [5.74, 6) is 2.22. The van der Waals surface area contributed by atoms with Crippen LogP contribution >= 0.6 is 11.8 Å². The van der Waals surface area contributed by atoms with Gasteiger partial charge in [0.25, 0.3) is 0 Å². The molecule has 0 radical (unpaired) electrons. The molecule has 0 aromatic heterocycles. The Bertz CT molecular complexity index is 77.9. The zero-order valence-electron chi connectivity index (χ0n) is 8.73. The van der Waals surface area contributed by atoms with Crippen LogP contribution in [-0.2, 0) is 0 Å². The number of rotatable bonds is 8. The molecule has 0 aromatic rings. The van der Waals surface area contributed by atoms with Crippen LogP contribution in [-0.4, -0.2) is 25.1 Å². The van der Waals surface area contributed by atoms with E-state index in [-0.39, 0.29) is 0 Å². The third-order valence-electron chi connectivity index (χ3n) is 2.11. The van der Waals surface area contributed by atoms with Crippen molar-refractivity contribution in [1.82, 2.24) is 5.32 Å². The van der Waals surface area contributed by atoms with Gasteiger partial charge in [-0.3, -0.25) is 0 Å². The van der Waals surface area contributed by atoms with E-state index in [1.165, 1.54) is 31.6 Å². The molecule has 0 heterocycles. The highest BCUT2D eigenvalue weighted by Gasteiger charge is 2.05. The van der Waals surface area contributed by atoms with Gasteiger partial charge in [-0.15, -0.1) is 0 Å². The van der Waals surface area contributed by atoms with Crippen LogP contribution in [0.15, 0.2) is 0 Å². The summed E-state index contributed by atoms with van der Waals surface area (Å²) in [6.45, 7) is 6.78. The van der Waals surface area contributed by atoms with Crippen molar-refractivity contribution in [2.75, 3.05) is 25.1 Å². The van der Waals surface area contributed by atoms with Crippen LogP contribution in [0.3, 0.4) is 0 Å². The minimum Gasteiger partial charge on any atom is -0.317 e. The second-order valence-electron chi connectivity index (χ2n) is 3.24. The van der Waals surface area contributed by atoms with Gasteiger partial charge >= 0.3 is 0 Å². The zero-order valence-corrected chi connectivity index (χ0v) is 9.54. The smallest absolute Gasteiger partial charge is 0.00203 e. The van der Waals surface area contributed by atoms with Gasteiger partial charge in [-0.2, -0.15) is 11.8 Å². The maximum absolute atomic E-state index is 3.43. The Morgan fingerprint density at radius 3 is 2.50 bits per heavy atom. The highest BCUT2D eigenvalue weighted by molar-refractivity contribution is 7.98. The zero-order chi connectivity index (χ0) is 9.23. The molecule has 0 amide bonds. The number of hydrogen-bond acceptors (Lipinski definition) is 2. The molecule has 1 unspecified atom stereocenters. The SMILES string of the molecule is CCCC(CCSC)CNCC. The van der Waals surface area contributed by atoms with E-state index in [9.17, 15) is 0 Å². The van der Waals surface area contributed by atoms with Crippen molar-refractivity contribution >= 4 is 11.8 Å². The summed E-state index contributed by atoms with van der Waals surface area (Å²) in [6, 6.07) is 0. The first kappa shape index (κ1) is 12.3. The van der Waals surface area contributed by atoms with Crippen molar-refractivity contribution in [1.29, 1.82) is 0 Å². The third kappa shape index (κ3) is 6.99. The molecule has 0 aliphatic rings. The number of nitrogens with one attached hydrogen (secondary N) is 1. The van der Waals surface area contributed by atoms with E-state index in [0.29, 0.717) is 0 Å². The Morgan fingerprint density at radius 2 is 2.00 bits per heavy atom. The molecule has 0 fully saturated rings. The molecule has 0 saturated heterocycles. The van der Waals surface area contributed by atoms with Crippen LogP contribution in [0, 0.1) is 5.92 Å². The lowest BCUT2D eigenvalue weighted by atomic mass is 10.0. The second kappa shape index (κ2) is 9.40. The number of thioether (sulfide) groups is 1. The molecule has 0 spiro atoms. The molecular weight excluding hydrogens is 166 g/mol. The van der Waals surface area contributed by atoms with Gasteiger partial charge in [0.05, 0.1) is 0 Å². The summed E-state index contributed by atoms with van der Waals surface area (Å²) < 4.78 is 0. The van der Waals surface area contributed by atoms with E-state index in [2.05, 4.69) is 25.4 Å².